The fraction of sp³-hybridized carbons (Fsp3) is 0.250. The second kappa shape index (κ2) is 4.26. The van der Waals surface area contributed by atoms with Crippen LogP contribution in [0.3, 0.4) is 0 Å². The summed E-state index contributed by atoms with van der Waals surface area (Å²) in [5.41, 5.74) is 0.688. The summed E-state index contributed by atoms with van der Waals surface area (Å²) in [4.78, 5) is 14.1. The van der Waals surface area contributed by atoms with Gasteiger partial charge in [-0.15, -0.1) is 0 Å². The van der Waals surface area contributed by atoms with Gasteiger partial charge in [-0.25, -0.2) is 8.42 Å². The van der Waals surface area contributed by atoms with Crippen molar-refractivity contribution in [2.75, 3.05) is 11.0 Å². The van der Waals surface area contributed by atoms with E-state index < -0.39 is 16.0 Å². The van der Waals surface area contributed by atoms with E-state index in [1.807, 2.05) is 0 Å². The SMILES string of the molecule is CS(=O)(=O)Nc1ccc(CC(=O)O)nc1. The summed E-state index contributed by atoms with van der Waals surface area (Å²) in [7, 11) is -3.32. The van der Waals surface area contributed by atoms with Crippen molar-refractivity contribution < 1.29 is 18.3 Å². The van der Waals surface area contributed by atoms with Crippen molar-refractivity contribution in [2.24, 2.45) is 0 Å². The summed E-state index contributed by atoms with van der Waals surface area (Å²) in [6.07, 6.45) is 2.12. The highest BCUT2D eigenvalue weighted by atomic mass is 32.2. The molecule has 0 aliphatic heterocycles. The lowest BCUT2D eigenvalue weighted by Gasteiger charge is -2.03. The molecule has 0 atom stereocenters. The van der Waals surface area contributed by atoms with Crippen molar-refractivity contribution in [3.8, 4) is 0 Å². The maximum atomic E-state index is 10.8. The van der Waals surface area contributed by atoms with E-state index >= 15 is 0 Å². The van der Waals surface area contributed by atoms with Crippen molar-refractivity contribution in [1.82, 2.24) is 4.98 Å². The number of carboxylic acids is 1. The summed E-state index contributed by atoms with van der Waals surface area (Å²) in [6, 6.07) is 2.92. The molecule has 6 nitrogen and oxygen atoms in total. The zero-order valence-corrected chi connectivity index (χ0v) is 8.78. The molecule has 2 N–H and O–H groups in total. The van der Waals surface area contributed by atoms with Gasteiger partial charge in [-0.3, -0.25) is 14.5 Å². The molecule has 82 valence electrons. The lowest BCUT2D eigenvalue weighted by molar-refractivity contribution is -0.136. The number of sulfonamides is 1. The first-order chi connectivity index (χ1) is 6.87. The van der Waals surface area contributed by atoms with Gasteiger partial charge >= 0.3 is 5.97 Å². The van der Waals surface area contributed by atoms with Crippen LogP contribution in [0.1, 0.15) is 5.69 Å². The smallest absolute Gasteiger partial charge is 0.309 e. The van der Waals surface area contributed by atoms with E-state index in [-0.39, 0.29) is 6.42 Å². The minimum absolute atomic E-state index is 0.181. The fourth-order valence-corrected chi connectivity index (χ4v) is 1.51. The molecule has 0 saturated heterocycles. The van der Waals surface area contributed by atoms with E-state index in [0.29, 0.717) is 11.4 Å². The van der Waals surface area contributed by atoms with Crippen LogP contribution in [-0.4, -0.2) is 30.7 Å². The van der Waals surface area contributed by atoms with Crippen molar-refractivity contribution in [3.05, 3.63) is 24.0 Å². The van der Waals surface area contributed by atoms with E-state index in [2.05, 4.69) is 9.71 Å². The van der Waals surface area contributed by atoms with Crippen LogP contribution in [0.5, 0.6) is 0 Å². The molecule has 0 aliphatic rings. The average Bonchev–Trinajstić information content (AvgIpc) is 2.05. The third kappa shape index (κ3) is 4.41. The number of rotatable bonds is 4. The lowest BCUT2D eigenvalue weighted by Crippen LogP contribution is -2.10. The molecule has 0 unspecified atom stereocenters. The monoisotopic (exact) mass is 230 g/mol. The van der Waals surface area contributed by atoms with Gasteiger partial charge in [-0.2, -0.15) is 0 Å². The van der Waals surface area contributed by atoms with Gasteiger partial charge in [0.1, 0.15) is 0 Å². The molecule has 1 rings (SSSR count). The van der Waals surface area contributed by atoms with E-state index in [4.69, 9.17) is 5.11 Å². The largest absolute Gasteiger partial charge is 0.481 e. The average molecular weight is 230 g/mol. The summed E-state index contributed by atoms with van der Waals surface area (Å²) in [6.45, 7) is 0. The highest BCUT2D eigenvalue weighted by Crippen LogP contribution is 2.07. The molecule has 1 aromatic rings. The van der Waals surface area contributed by atoms with Gasteiger partial charge in [-0.05, 0) is 12.1 Å². The minimum Gasteiger partial charge on any atom is -0.481 e. The molecular weight excluding hydrogens is 220 g/mol. The van der Waals surface area contributed by atoms with Crippen LogP contribution in [-0.2, 0) is 21.2 Å². The molecule has 0 aliphatic carbocycles. The van der Waals surface area contributed by atoms with Crippen LogP contribution in [0, 0.1) is 0 Å². The first kappa shape index (κ1) is 11.4. The van der Waals surface area contributed by atoms with Crippen molar-refractivity contribution in [2.45, 2.75) is 6.42 Å². The van der Waals surface area contributed by atoms with Crippen LogP contribution < -0.4 is 4.72 Å². The maximum absolute atomic E-state index is 10.8. The Balaban J connectivity index is 2.77. The first-order valence-electron chi connectivity index (χ1n) is 4.01. The number of nitrogens with zero attached hydrogens (tertiary/aromatic N) is 1. The Kier molecular flexibility index (Phi) is 3.25. The quantitative estimate of drug-likeness (QED) is 0.763. The number of carboxylic acid groups (broad SMARTS) is 1. The van der Waals surface area contributed by atoms with E-state index in [1.54, 1.807) is 0 Å². The summed E-state index contributed by atoms with van der Waals surface area (Å²) >= 11 is 0. The number of carbonyl (C=O) groups is 1. The molecule has 0 fully saturated rings. The van der Waals surface area contributed by atoms with Gasteiger partial charge in [-0.1, -0.05) is 0 Å². The van der Waals surface area contributed by atoms with Gasteiger partial charge in [0.05, 0.1) is 30.3 Å². The molecule has 15 heavy (non-hydrogen) atoms. The number of aliphatic carboxylic acids is 1. The Morgan fingerprint density at radius 2 is 2.20 bits per heavy atom. The zero-order valence-electron chi connectivity index (χ0n) is 7.97. The lowest BCUT2D eigenvalue weighted by atomic mass is 10.3. The van der Waals surface area contributed by atoms with Crippen LogP contribution >= 0.6 is 0 Å². The van der Waals surface area contributed by atoms with Gasteiger partial charge in [0.25, 0.3) is 0 Å². The van der Waals surface area contributed by atoms with Gasteiger partial charge in [0, 0.05) is 0 Å². The van der Waals surface area contributed by atoms with Crippen molar-refractivity contribution >= 4 is 21.7 Å². The topological polar surface area (TPSA) is 96.4 Å². The molecule has 0 aromatic carbocycles. The molecule has 1 aromatic heterocycles. The third-order valence-corrected chi connectivity index (χ3v) is 2.07. The molecule has 0 saturated carbocycles. The number of pyridine rings is 1. The zero-order chi connectivity index (χ0) is 11.5. The van der Waals surface area contributed by atoms with Gasteiger partial charge in [0.2, 0.25) is 10.0 Å². The van der Waals surface area contributed by atoms with E-state index in [1.165, 1.54) is 18.3 Å². The summed E-state index contributed by atoms with van der Waals surface area (Å²) in [5.74, 6) is -0.980. The fourth-order valence-electron chi connectivity index (χ4n) is 0.958. The highest BCUT2D eigenvalue weighted by molar-refractivity contribution is 7.92. The van der Waals surface area contributed by atoms with Crippen LogP contribution in [0.2, 0.25) is 0 Å². The number of hydrogen-bond donors (Lipinski definition) is 2. The van der Waals surface area contributed by atoms with Gasteiger partial charge in [0.15, 0.2) is 0 Å². The Morgan fingerprint density at radius 3 is 2.60 bits per heavy atom. The van der Waals surface area contributed by atoms with Gasteiger partial charge < -0.3 is 5.11 Å². The summed E-state index contributed by atoms with van der Waals surface area (Å²) in [5, 5.41) is 8.47. The number of aromatic nitrogens is 1. The first-order valence-corrected chi connectivity index (χ1v) is 5.90. The molecular formula is C8H10N2O4S. The molecule has 0 radical (unpaired) electrons. The van der Waals surface area contributed by atoms with E-state index in [9.17, 15) is 13.2 Å². The van der Waals surface area contributed by atoms with Crippen LogP contribution in [0.4, 0.5) is 5.69 Å². The van der Waals surface area contributed by atoms with Crippen LogP contribution in [0.15, 0.2) is 18.3 Å². The van der Waals surface area contributed by atoms with Crippen LogP contribution in [0.25, 0.3) is 0 Å². The summed E-state index contributed by atoms with van der Waals surface area (Å²) < 4.78 is 23.9. The standard InChI is InChI=1S/C8H10N2O4S/c1-15(13,14)10-7-3-2-6(9-5-7)4-8(11)12/h2-3,5,10H,4H2,1H3,(H,11,12). The highest BCUT2D eigenvalue weighted by Gasteiger charge is 2.04. The second-order valence-electron chi connectivity index (χ2n) is 2.98. The Labute approximate surface area is 87.0 Å². The predicted octanol–water partition coefficient (Wildman–Crippen LogP) is 0.0802. The second-order valence-corrected chi connectivity index (χ2v) is 4.73. The third-order valence-electron chi connectivity index (χ3n) is 1.46. The number of hydrogen-bond acceptors (Lipinski definition) is 4. The van der Waals surface area contributed by atoms with Crippen molar-refractivity contribution in [1.29, 1.82) is 0 Å². The number of nitrogens with one attached hydrogen (secondary N) is 1. The molecule has 0 amide bonds. The molecule has 0 bridgehead atoms. The molecule has 1 heterocycles. The molecule has 0 spiro atoms. The number of anilines is 1. The maximum Gasteiger partial charge on any atom is 0.309 e. The van der Waals surface area contributed by atoms with E-state index in [0.717, 1.165) is 6.26 Å². The Bertz CT molecular complexity index is 452. The Morgan fingerprint density at radius 1 is 1.53 bits per heavy atom. The molecule has 7 heteroatoms. The van der Waals surface area contributed by atoms with Crippen molar-refractivity contribution in [3.63, 3.8) is 0 Å². The minimum atomic E-state index is -3.32. The normalized spacial score (nSPS) is 11.0. The predicted molar refractivity (Wildman–Crippen MR) is 54.0 cm³/mol. The Hall–Kier alpha value is -1.63.